The van der Waals surface area contributed by atoms with Gasteiger partial charge >= 0.3 is 5.97 Å². The SMILES string of the molecule is COc1ccc(-c2c(C(OC(C)C)C(=O)O)c(C)nc3ccc(Cl)cc23)c(F)c1. The number of nitrogens with zero attached hydrogens (tertiary/aromatic N) is 1. The summed E-state index contributed by atoms with van der Waals surface area (Å²) in [6, 6.07) is 9.49. The van der Waals surface area contributed by atoms with Crippen LogP contribution in [0, 0.1) is 12.7 Å². The van der Waals surface area contributed by atoms with Gasteiger partial charge in [0.15, 0.2) is 6.10 Å². The van der Waals surface area contributed by atoms with Crippen molar-refractivity contribution >= 4 is 28.5 Å². The van der Waals surface area contributed by atoms with Gasteiger partial charge in [0, 0.05) is 38.9 Å². The maximum absolute atomic E-state index is 15.1. The van der Waals surface area contributed by atoms with Gasteiger partial charge in [-0.25, -0.2) is 9.18 Å². The van der Waals surface area contributed by atoms with Gasteiger partial charge in [-0.3, -0.25) is 4.98 Å². The molecule has 2 aromatic carbocycles. The number of carboxylic acids is 1. The third-order valence-electron chi connectivity index (χ3n) is 4.52. The highest BCUT2D eigenvalue weighted by Crippen LogP contribution is 2.40. The van der Waals surface area contributed by atoms with Crippen molar-refractivity contribution in [2.45, 2.75) is 33.0 Å². The van der Waals surface area contributed by atoms with E-state index in [9.17, 15) is 9.90 Å². The summed E-state index contributed by atoms with van der Waals surface area (Å²) in [6.07, 6.45) is -1.68. The van der Waals surface area contributed by atoms with E-state index in [-0.39, 0.29) is 11.7 Å². The summed E-state index contributed by atoms with van der Waals surface area (Å²) >= 11 is 6.20. The molecule has 3 aromatic rings. The van der Waals surface area contributed by atoms with E-state index in [1.54, 1.807) is 51.1 Å². The fourth-order valence-electron chi connectivity index (χ4n) is 3.33. The number of hydrogen-bond donors (Lipinski definition) is 1. The van der Waals surface area contributed by atoms with Gasteiger partial charge in [-0.1, -0.05) is 11.6 Å². The lowest BCUT2D eigenvalue weighted by atomic mass is 9.91. The Hall–Kier alpha value is -2.70. The van der Waals surface area contributed by atoms with Gasteiger partial charge in [-0.2, -0.15) is 0 Å². The molecule has 1 unspecified atom stereocenters. The molecule has 0 aliphatic carbocycles. The monoisotopic (exact) mass is 417 g/mol. The Morgan fingerprint density at radius 2 is 1.93 bits per heavy atom. The van der Waals surface area contributed by atoms with E-state index in [0.29, 0.717) is 38.5 Å². The van der Waals surface area contributed by atoms with Crippen LogP contribution in [0.1, 0.15) is 31.2 Å². The molecule has 0 bridgehead atoms. The average Bonchev–Trinajstić information content (AvgIpc) is 2.65. The van der Waals surface area contributed by atoms with Crippen LogP contribution in [0.2, 0.25) is 5.02 Å². The molecule has 0 saturated heterocycles. The Morgan fingerprint density at radius 3 is 2.52 bits per heavy atom. The lowest BCUT2D eigenvalue weighted by Gasteiger charge is -2.23. The Kier molecular flexibility index (Phi) is 6.05. The second-order valence-corrected chi connectivity index (χ2v) is 7.33. The van der Waals surface area contributed by atoms with Crippen LogP contribution < -0.4 is 4.74 Å². The molecule has 152 valence electrons. The molecule has 0 aliphatic heterocycles. The molecule has 7 heteroatoms. The predicted octanol–water partition coefficient (Wildman–Crippen LogP) is 5.56. The Balaban J connectivity index is 2.43. The minimum atomic E-state index is -1.32. The second-order valence-electron chi connectivity index (χ2n) is 6.90. The van der Waals surface area contributed by atoms with Gasteiger partial charge < -0.3 is 14.6 Å². The molecule has 1 N–H and O–H groups in total. The molecule has 0 spiro atoms. The maximum atomic E-state index is 15.1. The lowest BCUT2D eigenvalue weighted by Crippen LogP contribution is -2.21. The molecule has 3 rings (SSSR count). The summed E-state index contributed by atoms with van der Waals surface area (Å²) < 4.78 is 25.8. The molecule has 0 radical (unpaired) electrons. The van der Waals surface area contributed by atoms with Gasteiger partial charge in [-0.05, 0) is 51.1 Å². The van der Waals surface area contributed by atoms with E-state index in [2.05, 4.69) is 4.98 Å². The summed E-state index contributed by atoms with van der Waals surface area (Å²) in [4.78, 5) is 16.6. The number of fused-ring (bicyclic) bond motifs is 1. The number of benzene rings is 2. The first-order valence-electron chi connectivity index (χ1n) is 9.04. The number of aromatic nitrogens is 1. The van der Waals surface area contributed by atoms with Crippen molar-refractivity contribution in [3.63, 3.8) is 0 Å². The van der Waals surface area contributed by atoms with Crippen molar-refractivity contribution in [3.8, 4) is 16.9 Å². The molecule has 0 amide bonds. The Morgan fingerprint density at radius 1 is 1.21 bits per heavy atom. The molecule has 5 nitrogen and oxygen atoms in total. The van der Waals surface area contributed by atoms with E-state index in [1.807, 2.05) is 0 Å². The Labute approximate surface area is 173 Å². The summed E-state index contributed by atoms with van der Waals surface area (Å²) in [7, 11) is 1.45. The molecule has 1 atom stereocenters. The first-order chi connectivity index (χ1) is 13.7. The van der Waals surface area contributed by atoms with Crippen LogP contribution in [0.3, 0.4) is 0 Å². The zero-order valence-electron chi connectivity index (χ0n) is 16.5. The molecule has 1 aromatic heterocycles. The number of aliphatic carboxylic acids is 1. The number of carbonyl (C=O) groups is 1. The normalized spacial score (nSPS) is 12.4. The van der Waals surface area contributed by atoms with Gasteiger partial charge in [0.1, 0.15) is 11.6 Å². The van der Waals surface area contributed by atoms with Crippen LogP contribution in [0.25, 0.3) is 22.0 Å². The maximum Gasteiger partial charge on any atom is 0.337 e. The zero-order chi connectivity index (χ0) is 21.3. The molecule has 0 saturated carbocycles. The molecule has 0 aliphatic rings. The van der Waals surface area contributed by atoms with Gasteiger partial charge in [0.05, 0.1) is 18.7 Å². The van der Waals surface area contributed by atoms with Gasteiger partial charge in [0.2, 0.25) is 0 Å². The first-order valence-corrected chi connectivity index (χ1v) is 9.42. The highest BCUT2D eigenvalue weighted by atomic mass is 35.5. The van der Waals surface area contributed by atoms with Crippen molar-refractivity contribution < 1.29 is 23.8 Å². The van der Waals surface area contributed by atoms with E-state index in [1.165, 1.54) is 13.2 Å². The first kappa shape index (κ1) is 21.0. The minimum Gasteiger partial charge on any atom is -0.497 e. The Bertz CT molecular complexity index is 1080. The number of carboxylic acid groups (broad SMARTS) is 1. The lowest BCUT2D eigenvalue weighted by molar-refractivity contribution is -0.153. The van der Waals surface area contributed by atoms with Gasteiger partial charge in [0.25, 0.3) is 0 Å². The van der Waals surface area contributed by atoms with E-state index >= 15 is 4.39 Å². The quantitative estimate of drug-likeness (QED) is 0.568. The third kappa shape index (κ3) is 4.18. The standard InChI is InChI=1S/C22H21ClFNO4/c1-11(2)29-21(22(26)27)19-12(3)25-18-8-5-13(23)9-16(18)20(19)15-7-6-14(28-4)10-17(15)24/h5-11,21H,1-4H3,(H,26,27). The molecule has 0 fully saturated rings. The van der Waals surface area contributed by atoms with Crippen LogP contribution in [-0.2, 0) is 9.53 Å². The van der Waals surface area contributed by atoms with Crippen molar-refractivity contribution in [2.75, 3.05) is 7.11 Å². The summed E-state index contributed by atoms with van der Waals surface area (Å²) in [5.41, 5.74) is 1.93. The van der Waals surface area contributed by atoms with Crippen molar-refractivity contribution in [2.24, 2.45) is 0 Å². The van der Waals surface area contributed by atoms with Crippen LogP contribution in [-0.4, -0.2) is 29.3 Å². The van der Waals surface area contributed by atoms with Crippen LogP contribution >= 0.6 is 11.6 Å². The highest BCUT2D eigenvalue weighted by molar-refractivity contribution is 6.31. The number of pyridine rings is 1. The number of aryl methyl sites for hydroxylation is 1. The fourth-order valence-corrected chi connectivity index (χ4v) is 3.50. The number of halogens is 2. The largest absolute Gasteiger partial charge is 0.497 e. The van der Waals surface area contributed by atoms with Crippen molar-refractivity contribution in [3.05, 3.63) is 58.5 Å². The van der Waals surface area contributed by atoms with Gasteiger partial charge in [-0.15, -0.1) is 0 Å². The molecular formula is C22H21ClFNO4. The summed E-state index contributed by atoms with van der Waals surface area (Å²) in [6.45, 7) is 5.17. The van der Waals surface area contributed by atoms with E-state index in [4.69, 9.17) is 21.1 Å². The topological polar surface area (TPSA) is 68.7 Å². The number of rotatable bonds is 6. The summed E-state index contributed by atoms with van der Waals surface area (Å²) in [5, 5.41) is 10.8. The van der Waals surface area contributed by atoms with Crippen LogP contribution in [0.4, 0.5) is 4.39 Å². The van der Waals surface area contributed by atoms with Crippen LogP contribution in [0.15, 0.2) is 36.4 Å². The number of ether oxygens (including phenoxy) is 2. The van der Waals surface area contributed by atoms with Crippen LogP contribution in [0.5, 0.6) is 5.75 Å². The summed E-state index contributed by atoms with van der Waals surface area (Å²) in [5.74, 6) is -1.37. The number of hydrogen-bond acceptors (Lipinski definition) is 4. The van der Waals surface area contributed by atoms with Crippen molar-refractivity contribution in [1.82, 2.24) is 4.98 Å². The zero-order valence-corrected chi connectivity index (χ0v) is 17.2. The minimum absolute atomic E-state index is 0.220. The van der Waals surface area contributed by atoms with E-state index in [0.717, 1.165) is 0 Å². The average molecular weight is 418 g/mol. The van der Waals surface area contributed by atoms with E-state index < -0.39 is 17.9 Å². The molecular weight excluding hydrogens is 397 g/mol. The third-order valence-corrected chi connectivity index (χ3v) is 4.75. The molecule has 1 heterocycles. The second kappa shape index (κ2) is 8.35. The number of methoxy groups -OCH3 is 1. The fraction of sp³-hybridized carbons (Fsp3) is 0.273. The predicted molar refractivity (Wildman–Crippen MR) is 110 cm³/mol. The molecule has 29 heavy (non-hydrogen) atoms. The highest BCUT2D eigenvalue weighted by Gasteiger charge is 2.30. The van der Waals surface area contributed by atoms with Crippen molar-refractivity contribution in [1.29, 1.82) is 0 Å². The smallest absolute Gasteiger partial charge is 0.337 e.